The molecule has 25 heavy (non-hydrogen) atoms. The molecule has 0 radical (unpaired) electrons. The van der Waals surface area contributed by atoms with E-state index in [0.29, 0.717) is 19.7 Å². The van der Waals surface area contributed by atoms with Gasteiger partial charge in [0.05, 0.1) is 12.2 Å². The van der Waals surface area contributed by atoms with E-state index in [-0.39, 0.29) is 24.0 Å². The van der Waals surface area contributed by atoms with Gasteiger partial charge in [-0.1, -0.05) is 18.2 Å². The highest BCUT2D eigenvalue weighted by atomic mass is 127. The molecule has 6 nitrogen and oxygen atoms in total. The molecule has 2 N–H and O–H groups in total. The summed E-state index contributed by atoms with van der Waals surface area (Å²) in [6.45, 7) is 9.10. The Morgan fingerprint density at radius 2 is 1.92 bits per heavy atom. The maximum absolute atomic E-state index is 5.66. The van der Waals surface area contributed by atoms with Crippen LogP contribution in [0.2, 0.25) is 0 Å². The monoisotopic (exact) mass is 457 g/mol. The maximum atomic E-state index is 5.66. The average Bonchev–Trinajstić information content (AvgIpc) is 2.89. The minimum atomic E-state index is 0. The molecule has 0 amide bonds. The van der Waals surface area contributed by atoms with Crippen molar-refractivity contribution in [3.05, 3.63) is 47.3 Å². The number of ether oxygens (including phenoxy) is 1. The van der Waals surface area contributed by atoms with Crippen molar-refractivity contribution in [1.82, 2.24) is 20.4 Å². The standard InChI is InChI=1S/C18H27N5O.HI/c1-5-23-15(3)17(14(2)22-23)13-21-18(19-4)20-11-12-24-16-9-7-6-8-10-16;/h6-10H,5,11-13H2,1-4H3,(H2,19,20,21);1H. The summed E-state index contributed by atoms with van der Waals surface area (Å²) in [7, 11) is 1.77. The second-order valence-corrected chi connectivity index (χ2v) is 5.48. The van der Waals surface area contributed by atoms with Crippen LogP contribution in [0.4, 0.5) is 0 Å². The third kappa shape index (κ3) is 6.22. The molecule has 1 aromatic carbocycles. The normalized spacial score (nSPS) is 11.0. The van der Waals surface area contributed by atoms with Crippen LogP contribution in [0.5, 0.6) is 5.75 Å². The zero-order valence-corrected chi connectivity index (χ0v) is 17.7. The summed E-state index contributed by atoms with van der Waals surface area (Å²) >= 11 is 0. The second kappa shape index (κ2) is 11.0. The van der Waals surface area contributed by atoms with Gasteiger partial charge in [0.25, 0.3) is 0 Å². The Balaban J connectivity index is 0.00000312. The van der Waals surface area contributed by atoms with Gasteiger partial charge >= 0.3 is 0 Å². The van der Waals surface area contributed by atoms with Crippen LogP contribution in [0.25, 0.3) is 0 Å². The maximum Gasteiger partial charge on any atom is 0.191 e. The second-order valence-electron chi connectivity index (χ2n) is 5.48. The number of nitrogens with zero attached hydrogens (tertiary/aromatic N) is 3. The van der Waals surface area contributed by atoms with E-state index < -0.39 is 0 Å². The van der Waals surface area contributed by atoms with Gasteiger partial charge in [-0.25, -0.2) is 0 Å². The fraction of sp³-hybridized carbons (Fsp3) is 0.444. The van der Waals surface area contributed by atoms with Gasteiger partial charge in [0.15, 0.2) is 5.96 Å². The Labute approximate surface area is 167 Å². The van der Waals surface area contributed by atoms with Crippen molar-refractivity contribution in [3.63, 3.8) is 0 Å². The van der Waals surface area contributed by atoms with Crippen molar-refractivity contribution in [2.75, 3.05) is 20.2 Å². The number of para-hydroxylation sites is 1. The molecule has 1 heterocycles. The predicted molar refractivity (Wildman–Crippen MR) is 113 cm³/mol. The largest absolute Gasteiger partial charge is 0.492 e. The van der Waals surface area contributed by atoms with Gasteiger partial charge in [0.2, 0.25) is 0 Å². The highest BCUT2D eigenvalue weighted by molar-refractivity contribution is 14.0. The molecule has 0 saturated heterocycles. The Bertz CT molecular complexity index is 670. The van der Waals surface area contributed by atoms with E-state index >= 15 is 0 Å². The summed E-state index contributed by atoms with van der Waals surface area (Å²) in [5.74, 6) is 1.63. The topological polar surface area (TPSA) is 63.5 Å². The molecule has 7 heteroatoms. The Kier molecular flexibility index (Phi) is 9.33. The Morgan fingerprint density at radius 1 is 1.20 bits per heavy atom. The molecule has 2 aromatic rings. The van der Waals surface area contributed by atoms with Crippen molar-refractivity contribution in [1.29, 1.82) is 0 Å². The van der Waals surface area contributed by atoms with E-state index in [4.69, 9.17) is 4.74 Å². The minimum absolute atomic E-state index is 0. The van der Waals surface area contributed by atoms with Gasteiger partial charge in [-0.05, 0) is 32.9 Å². The van der Waals surface area contributed by atoms with Gasteiger partial charge < -0.3 is 15.4 Å². The number of guanidine groups is 1. The van der Waals surface area contributed by atoms with E-state index in [1.165, 1.54) is 11.3 Å². The summed E-state index contributed by atoms with van der Waals surface area (Å²) in [4.78, 5) is 4.25. The first kappa shape index (κ1) is 21.3. The molecule has 0 atom stereocenters. The summed E-state index contributed by atoms with van der Waals surface area (Å²) in [5, 5.41) is 11.1. The molecule has 0 fully saturated rings. The molecule has 0 aliphatic carbocycles. The lowest BCUT2D eigenvalue weighted by atomic mass is 10.2. The number of aliphatic imine (C=N–C) groups is 1. The van der Waals surface area contributed by atoms with Crippen LogP contribution < -0.4 is 15.4 Å². The van der Waals surface area contributed by atoms with E-state index in [1.54, 1.807) is 7.05 Å². The smallest absolute Gasteiger partial charge is 0.191 e. The highest BCUT2D eigenvalue weighted by Crippen LogP contribution is 2.12. The first-order chi connectivity index (χ1) is 11.7. The van der Waals surface area contributed by atoms with E-state index in [1.807, 2.05) is 41.9 Å². The Morgan fingerprint density at radius 3 is 2.52 bits per heavy atom. The summed E-state index contributed by atoms with van der Waals surface area (Å²) < 4.78 is 7.69. The number of halogens is 1. The summed E-state index contributed by atoms with van der Waals surface area (Å²) in [6.07, 6.45) is 0. The number of benzene rings is 1. The number of rotatable bonds is 7. The molecule has 1 aromatic heterocycles. The number of hydrogen-bond donors (Lipinski definition) is 2. The van der Waals surface area contributed by atoms with E-state index in [0.717, 1.165) is 23.9 Å². The molecule has 0 saturated carbocycles. The fourth-order valence-corrected chi connectivity index (χ4v) is 2.55. The van der Waals surface area contributed by atoms with E-state index in [2.05, 4.69) is 34.6 Å². The highest BCUT2D eigenvalue weighted by Gasteiger charge is 2.10. The van der Waals surface area contributed by atoms with Crippen LogP contribution in [0, 0.1) is 13.8 Å². The van der Waals surface area contributed by atoms with Crippen LogP contribution in [0.3, 0.4) is 0 Å². The third-order valence-corrected chi connectivity index (χ3v) is 3.89. The minimum Gasteiger partial charge on any atom is -0.492 e. The Hall–Kier alpha value is -1.77. The molecule has 0 bridgehead atoms. The summed E-state index contributed by atoms with van der Waals surface area (Å²) in [6, 6.07) is 9.80. The van der Waals surface area contributed by atoms with Crippen molar-refractivity contribution in [3.8, 4) is 5.75 Å². The molecular formula is C18H28IN5O. The third-order valence-electron chi connectivity index (χ3n) is 3.89. The number of aromatic nitrogens is 2. The van der Waals surface area contributed by atoms with E-state index in [9.17, 15) is 0 Å². The fourth-order valence-electron chi connectivity index (χ4n) is 2.55. The van der Waals surface area contributed by atoms with Crippen molar-refractivity contribution in [2.45, 2.75) is 33.9 Å². The zero-order chi connectivity index (χ0) is 17.4. The zero-order valence-electron chi connectivity index (χ0n) is 15.4. The number of nitrogens with one attached hydrogen (secondary N) is 2. The lowest BCUT2D eigenvalue weighted by Crippen LogP contribution is -2.39. The van der Waals surface area contributed by atoms with Crippen LogP contribution in [-0.4, -0.2) is 35.9 Å². The summed E-state index contributed by atoms with van der Waals surface area (Å²) in [5.41, 5.74) is 3.48. The number of hydrogen-bond acceptors (Lipinski definition) is 3. The van der Waals surface area contributed by atoms with Gasteiger partial charge in [-0.2, -0.15) is 5.10 Å². The van der Waals surface area contributed by atoms with Gasteiger partial charge in [0.1, 0.15) is 12.4 Å². The molecule has 0 aliphatic rings. The quantitative estimate of drug-likeness (QED) is 0.291. The van der Waals surface area contributed by atoms with Crippen LogP contribution >= 0.6 is 24.0 Å². The van der Waals surface area contributed by atoms with Crippen LogP contribution in [-0.2, 0) is 13.1 Å². The number of aryl methyl sites for hydroxylation is 2. The molecule has 138 valence electrons. The molecule has 2 rings (SSSR count). The van der Waals surface area contributed by atoms with Crippen LogP contribution in [0.15, 0.2) is 35.3 Å². The lowest BCUT2D eigenvalue weighted by molar-refractivity contribution is 0.322. The predicted octanol–water partition coefficient (Wildman–Crippen LogP) is 2.88. The van der Waals surface area contributed by atoms with Crippen molar-refractivity contribution >= 4 is 29.9 Å². The molecular weight excluding hydrogens is 429 g/mol. The van der Waals surface area contributed by atoms with Crippen LogP contribution in [0.1, 0.15) is 23.9 Å². The molecule has 0 unspecified atom stereocenters. The SMILES string of the molecule is CCn1nc(C)c(CNC(=NC)NCCOc2ccccc2)c1C.I. The molecule has 0 aliphatic heterocycles. The van der Waals surface area contributed by atoms with Crippen molar-refractivity contribution < 1.29 is 4.74 Å². The van der Waals surface area contributed by atoms with Gasteiger partial charge in [-0.3, -0.25) is 9.67 Å². The average molecular weight is 457 g/mol. The molecule has 0 spiro atoms. The first-order valence-corrected chi connectivity index (χ1v) is 8.31. The lowest BCUT2D eigenvalue weighted by Gasteiger charge is -2.13. The van der Waals surface area contributed by atoms with Gasteiger partial charge in [-0.15, -0.1) is 24.0 Å². The van der Waals surface area contributed by atoms with Gasteiger partial charge in [0, 0.05) is 31.4 Å². The van der Waals surface area contributed by atoms with Crippen molar-refractivity contribution in [2.24, 2.45) is 4.99 Å². The first-order valence-electron chi connectivity index (χ1n) is 8.31.